The van der Waals surface area contributed by atoms with Crippen LogP contribution in [0.25, 0.3) is 0 Å². The molecule has 0 saturated carbocycles. The molecule has 0 spiro atoms. The molecular formula is C18H19N3O2S. The topological polar surface area (TPSA) is 61.4 Å². The van der Waals surface area contributed by atoms with Crippen molar-refractivity contribution < 1.29 is 9.59 Å². The van der Waals surface area contributed by atoms with Gasteiger partial charge < -0.3 is 15.5 Å². The molecule has 0 fully saturated rings. The lowest BCUT2D eigenvalue weighted by Gasteiger charge is -2.17. The Labute approximate surface area is 145 Å². The van der Waals surface area contributed by atoms with Crippen LogP contribution in [0.1, 0.15) is 15.9 Å². The Hall–Kier alpha value is -2.47. The summed E-state index contributed by atoms with van der Waals surface area (Å²) in [5.41, 5.74) is 3.41. The van der Waals surface area contributed by atoms with E-state index in [0.29, 0.717) is 23.5 Å². The molecule has 124 valence electrons. The zero-order valence-corrected chi connectivity index (χ0v) is 14.4. The third kappa shape index (κ3) is 3.71. The minimum atomic E-state index is -0.153. The molecule has 0 saturated heterocycles. The van der Waals surface area contributed by atoms with Gasteiger partial charge in [0.15, 0.2) is 0 Å². The van der Waals surface area contributed by atoms with Gasteiger partial charge in [0.05, 0.1) is 11.4 Å². The maximum Gasteiger partial charge on any atom is 0.251 e. The molecule has 5 nitrogen and oxygen atoms in total. The number of anilines is 2. The number of amides is 2. The summed E-state index contributed by atoms with van der Waals surface area (Å²) in [7, 11) is 3.98. The van der Waals surface area contributed by atoms with E-state index < -0.39 is 0 Å². The molecule has 0 aliphatic carbocycles. The number of fused-ring (bicyclic) bond motifs is 1. The molecule has 0 bridgehead atoms. The molecule has 2 N–H and O–H groups in total. The van der Waals surface area contributed by atoms with Crippen LogP contribution in [0.4, 0.5) is 11.4 Å². The van der Waals surface area contributed by atoms with Gasteiger partial charge in [-0.1, -0.05) is 12.1 Å². The number of nitrogens with zero attached hydrogens (tertiary/aromatic N) is 1. The Balaban J connectivity index is 1.65. The zero-order chi connectivity index (χ0) is 17.1. The first-order valence-electron chi connectivity index (χ1n) is 7.64. The van der Waals surface area contributed by atoms with Crippen LogP contribution in [-0.2, 0) is 11.3 Å². The lowest BCUT2D eigenvalue weighted by atomic mass is 10.1. The van der Waals surface area contributed by atoms with Crippen molar-refractivity contribution in [1.82, 2.24) is 5.32 Å². The van der Waals surface area contributed by atoms with Crippen molar-refractivity contribution in [2.45, 2.75) is 11.4 Å². The SMILES string of the molecule is CN(C)c1ccc(CNC(=O)c2ccc3c(c2)NC(=O)CS3)cc1. The molecule has 2 amide bonds. The van der Waals surface area contributed by atoms with E-state index in [1.54, 1.807) is 12.1 Å². The van der Waals surface area contributed by atoms with Gasteiger partial charge in [-0.25, -0.2) is 0 Å². The van der Waals surface area contributed by atoms with Gasteiger partial charge in [0.25, 0.3) is 5.91 Å². The van der Waals surface area contributed by atoms with E-state index in [1.807, 2.05) is 49.3 Å². The quantitative estimate of drug-likeness (QED) is 0.898. The van der Waals surface area contributed by atoms with Crippen LogP contribution in [0.2, 0.25) is 0 Å². The van der Waals surface area contributed by atoms with Gasteiger partial charge in [-0.15, -0.1) is 11.8 Å². The van der Waals surface area contributed by atoms with Crippen molar-refractivity contribution in [3.63, 3.8) is 0 Å². The molecule has 3 rings (SSSR count). The van der Waals surface area contributed by atoms with Crippen LogP contribution in [0.5, 0.6) is 0 Å². The number of nitrogens with one attached hydrogen (secondary N) is 2. The number of benzene rings is 2. The van der Waals surface area contributed by atoms with Gasteiger partial charge in [-0.2, -0.15) is 0 Å². The van der Waals surface area contributed by atoms with E-state index in [0.717, 1.165) is 16.1 Å². The van der Waals surface area contributed by atoms with Crippen LogP contribution < -0.4 is 15.5 Å². The molecule has 1 heterocycles. The van der Waals surface area contributed by atoms with Gasteiger partial charge in [-0.05, 0) is 35.9 Å². The molecular weight excluding hydrogens is 322 g/mol. The van der Waals surface area contributed by atoms with Crippen molar-refractivity contribution in [1.29, 1.82) is 0 Å². The number of thioether (sulfide) groups is 1. The molecule has 0 radical (unpaired) electrons. The van der Waals surface area contributed by atoms with E-state index in [-0.39, 0.29) is 11.8 Å². The first-order valence-corrected chi connectivity index (χ1v) is 8.62. The van der Waals surface area contributed by atoms with Crippen molar-refractivity contribution >= 4 is 35.0 Å². The fourth-order valence-electron chi connectivity index (χ4n) is 2.42. The highest BCUT2D eigenvalue weighted by atomic mass is 32.2. The predicted molar refractivity (Wildman–Crippen MR) is 97.7 cm³/mol. The maximum absolute atomic E-state index is 12.3. The van der Waals surface area contributed by atoms with Crippen LogP contribution in [0.3, 0.4) is 0 Å². The summed E-state index contributed by atoms with van der Waals surface area (Å²) in [5, 5.41) is 5.71. The molecule has 0 aromatic heterocycles. The van der Waals surface area contributed by atoms with E-state index in [4.69, 9.17) is 0 Å². The first-order chi connectivity index (χ1) is 11.5. The lowest BCUT2D eigenvalue weighted by molar-refractivity contribution is -0.113. The smallest absolute Gasteiger partial charge is 0.251 e. The summed E-state index contributed by atoms with van der Waals surface area (Å²) in [5.74, 6) is 0.229. The second-order valence-corrected chi connectivity index (χ2v) is 6.81. The van der Waals surface area contributed by atoms with Crippen molar-refractivity contribution in [2.75, 3.05) is 30.1 Å². The van der Waals surface area contributed by atoms with Crippen LogP contribution in [0, 0.1) is 0 Å². The fraction of sp³-hybridized carbons (Fsp3) is 0.222. The van der Waals surface area contributed by atoms with Gasteiger partial charge in [-0.3, -0.25) is 9.59 Å². The van der Waals surface area contributed by atoms with E-state index in [9.17, 15) is 9.59 Å². The highest BCUT2D eigenvalue weighted by Gasteiger charge is 2.17. The number of carbonyl (C=O) groups is 2. The summed E-state index contributed by atoms with van der Waals surface area (Å²) in [6, 6.07) is 13.4. The second-order valence-electron chi connectivity index (χ2n) is 5.79. The highest BCUT2D eigenvalue weighted by molar-refractivity contribution is 8.00. The van der Waals surface area contributed by atoms with Crippen molar-refractivity contribution in [3.8, 4) is 0 Å². The van der Waals surface area contributed by atoms with Crippen molar-refractivity contribution in [2.24, 2.45) is 0 Å². The minimum absolute atomic E-state index is 0.0361. The summed E-state index contributed by atoms with van der Waals surface area (Å²) in [6.07, 6.45) is 0. The summed E-state index contributed by atoms with van der Waals surface area (Å²) < 4.78 is 0. The Morgan fingerprint density at radius 1 is 1.21 bits per heavy atom. The standard InChI is InChI=1S/C18H19N3O2S/c1-21(2)14-6-3-12(4-7-14)10-19-18(23)13-5-8-16-15(9-13)20-17(22)11-24-16/h3-9H,10-11H2,1-2H3,(H,19,23)(H,20,22). The van der Waals surface area contributed by atoms with Gasteiger partial charge in [0, 0.05) is 36.8 Å². The lowest BCUT2D eigenvalue weighted by Crippen LogP contribution is -2.24. The third-order valence-electron chi connectivity index (χ3n) is 3.78. The molecule has 0 unspecified atom stereocenters. The van der Waals surface area contributed by atoms with Crippen LogP contribution in [-0.4, -0.2) is 31.7 Å². The third-order valence-corrected chi connectivity index (χ3v) is 4.85. The van der Waals surface area contributed by atoms with Gasteiger partial charge in [0.1, 0.15) is 0 Å². The zero-order valence-electron chi connectivity index (χ0n) is 13.6. The number of hydrogen-bond acceptors (Lipinski definition) is 4. The summed E-state index contributed by atoms with van der Waals surface area (Å²) in [4.78, 5) is 26.8. The average Bonchev–Trinajstić information content (AvgIpc) is 2.59. The molecule has 2 aromatic carbocycles. The van der Waals surface area contributed by atoms with Gasteiger partial charge >= 0.3 is 0 Å². The second kappa shape index (κ2) is 6.97. The molecule has 1 aliphatic rings. The Kier molecular flexibility index (Phi) is 4.76. The van der Waals surface area contributed by atoms with E-state index >= 15 is 0 Å². The monoisotopic (exact) mass is 341 g/mol. The van der Waals surface area contributed by atoms with E-state index in [2.05, 4.69) is 10.6 Å². The molecule has 6 heteroatoms. The number of rotatable bonds is 4. The molecule has 1 aliphatic heterocycles. The largest absolute Gasteiger partial charge is 0.378 e. The normalized spacial score (nSPS) is 13.0. The van der Waals surface area contributed by atoms with Crippen LogP contribution >= 0.6 is 11.8 Å². The molecule has 0 atom stereocenters. The Morgan fingerprint density at radius 3 is 2.67 bits per heavy atom. The fourth-order valence-corrected chi connectivity index (χ4v) is 3.21. The number of hydrogen-bond donors (Lipinski definition) is 2. The molecule has 24 heavy (non-hydrogen) atoms. The van der Waals surface area contributed by atoms with Crippen molar-refractivity contribution in [3.05, 3.63) is 53.6 Å². The summed E-state index contributed by atoms with van der Waals surface area (Å²) in [6.45, 7) is 0.463. The van der Waals surface area contributed by atoms with Gasteiger partial charge in [0.2, 0.25) is 5.91 Å². The summed E-state index contributed by atoms with van der Waals surface area (Å²) >= 11 is 1.48. The molecule has 2 aromatic rings. The first kappa shape index (κ1) is 16.4. The predicted octanol–water partition coefficient (Wildman–Crippen LogP) is 2.73. The van der Waals surface area contributed by atoms with Crippen LogP contribution in [0.15, 0.2) is 47.4 Å². The maximum atomic E-state index is 12.3. The minimum Gasteiger partial charge on any atom is -0.378 e. The highest BCUT2D eigenvalue weighted by Crippen LogP contribution is 2.31. The number of carbonyl (C=O) groups excluding carboxylic acids is 2. The Morgan fingerprint density at radius 2 is 1.96 bits per heavy atom. The Bertz CT molecular complexity index is 772. The average molecular weight is 341 g/mol. The van der Waals surface area contributed by atoms with E-state index in [1.165, 1.54) is 11.8 Å².